The Morgan fingerprint density at radius 3 is 2.14 bits per heavy atom. The highest BCUT2D eigenvalue weighted by atomic mass is 32.2. The molecular weight excluding hydrogens is 503 g/mol. The number of rotatable bonds is 13. The van der Waals surface area contributed by atoms with Crippen LogP contribution in [0.25, 0.3) is 0 Å². The van der Waals surface area contributed by atoms with Gasteiger partial charge in [-0.2, -0.15) is 0 Å². The van der Waals surface area contributed by atoms with Crippen molar-refractivity contribution in [1.29, 1.82) is 0 Å². The van der Waals surface area contributed by atoms with E-state index in [2.05, 4.69) is 5.32 Å². The van der Waals surface area contributed by atoms with Gasteiger partial charge in [0, 0.05) is 6.07 Å². The largest absolute Gasteiger partial charge is 0.494 e. The van der Waals surface area contributed by atoms with Crippen molar-refractivity contribution < 1.29 is 36.6 Å². The van der Waals surface area contributed by atoms with E-state index in [1.54, 1.807) is 24.3 Å². The summed E-state index contributed by atoms with van der Waals surface area (Å²) in [5.41, 5.74) is 0.274. The van der Waals surface area contributed by atoms with E-state index in [1.165, 1.54) is 56.7 Å². The Morgan fingerprint density at radius 1 is 0.892 bits per heavy atom. The van der Waals surface area contributed by atoms with E-state index >= 15 is 0 Å². The number of anilines is 1. The van der Waals surface area contributed by atoms with Gasteiger partial charge in [0.2, 0.25) is 5.91 Å². The first-order valence-corrected chi connectivity index (χ1v) is 12.8. The minimum absolute atomic E-state index is 0.0773. The monoisotopic (exact) mass is 532 g/mol. The average Bonchev–Trinajstić information content (AvgIpc) is 2.91. The Bertz CT molecular complexity index is 1280. The number of hydrogen-bond donors (Lipinski definition) is 1. The molecule has 1 N–H and O–H groups in total. The molecule has 0 saturated carbocycles. The number of benzene rings is 3. The number of nitrogens with zero attached hydrogens (tertiary/aromatic N) is 1. The third kappa shape index (κ3) is 7.26. The maximum Gasteiger partial charge on any atom is 0.264 e. The van der Waals surface area contributed by atoms with E-state index in [0.717, 1.165) is 4.31 Å². The molecule has 0 heterocycles. The molecule has 37 heavy (non-hydrogen) atoms. The summed E-state index contributed by atoms with van der Waals surface area (Å²) in [6.07, 6.45) is 0. The third-order valence-electron chi connectivity index (χ3n) is 5.17. The van der Waals surface area contributed by atoms with Gasteiger partial charge >= 0.3 is 0 Å². The molecule has 0 aromatic heterocycles. The van der Waals surface area contributed by atoms with Crippen molar-refractivity contribution in [3.8, 4) is 23.0 Å². The number of methoxy groups -OCH3 is 2. The van der Waals surface area contributed by atoms with Crippen molar-refractivity contribution in [2.45, 2.75) is 11.8 Å². The minimum atomic E-state index is -4.18. The fourth-order valence-corrected chi connectivity index (χ4v) is 4.81. The summed E-state index contributed by atoms with van der Waals surface area (Å²) in [4.78, 5) is 12.7. The fourth-order valence-electron chi connectivity index (χ4n) is 3.37. The molecule has 11 heteroatoms. The van der Waals surface area contributed by atoms with Gasteiger partial charge in [0.1, 0.15) is 30.5 Å². The lowest BCUT2D eigenvalue weighted by Gasteiger charge is -2.24. The van der Waals surface area contributed by atoms with Gasteiger partial charge in [0.05, 0.1) is 38.0 Å². The second kappa shape index (κ2) is 12.8. The van der Waals surface area contributed by atoms with Crippen molar-refractivity contribution in [3.05, 3.63) is 72.5 Å². The highest BCUT2D eigenvalue weighted by Crippen LogP contribution is 2.32. The molecule has 0 radical (unpaired) electrons. The van der Waals surface area contributed by atoms with Crippen LogP contribution in [0.5, 0.6) is 23.0 Å². The normalized spacial score (nSPS) is 10.9. The summed E-state index contributed by atoms with van der Waals surface area (Å²) in [5, 5.41) is 2.65. The number of hydrogen-bond acceptors (Lipinski definition) is 7. The van der Waals surface area contributed by atoms with Crippen LogP contribution in [0.2, 0.25) is 0 Å². The van der Waals surface area contributed by atoms with E-state index in [4.69, 9.17) is 18.9 Å². The highest BCUT2D eigenvalue weighted by Gasteiger charge is 2.28. The fraction of sp³-hybridized carbons (Fsp3) is 0.269. The first-order chi connectivity index (χ1) is 17.8. The second-order valence-electron chi connectivity index (χ2n) is 7.61. The third-order valence-corrected chi connectivity index (χ3v) is 6.94. The quantitative estimate of drug-likeness (QED) is 0.335. The van der Waals surface area contributed by atoms with Crippen LogP contribution < -0.4 is 28.6 Å². The molecule has 1 amide bonds. The maximum absolute atomic E-state index is 13.7. The van der Waals surface area contributed by atoms with Crippen molar-refractivity contribution in [2.75, 3.05) is 44.8 Å². The van der Waals surface area contributed by atoms with Crippen molar-refractivity contribution in [3.63, 3.8) is 0 Å². The molecule has 0 fully saturated rings. The number of amides is 1. The predicted octanol–water partition coefficient (Wildman–Crippen LogP) is 3.63. The molecule has 3 aromatic carbocycles. The van der Waals surface area contributed by atoms with E-state index in [9.17, 15) is 17.6 Å². The van der Waals surface area contributed by atoms with Crippen LogP contribution in [0.4, 0.5) is 10.1 Å². The molecule has 9 nitrogen and oxygen atoms in total. The summed E-state index contributed by atoms with van der Waals surface area (Å²) in [5.74, 6) is 0.691. The number of nitrogens with one attached hydrogen (secondary N) is 1. The summed E-state index contributed by atoms with van der Waals surface area (Å²) >= 11 is 0. The molecule has 0 bridgehead atoms. The predicted molar refractivity (Wildman–Crippen MR) is 137 cm³/mol. The number of carbonyl (C=O) groups excluding carboxylic acids is 1. The average molecular weight is 533 g/mol. The molecule has 198 valence electrons. The highest BCUT2D eigenvalue weighted by molar-refractivity contribution is 7.92. The zero-order valence-corrected chi connectivity index (χ0v) is 21.6. The van der Waals surface area contributed by atoms with Crippen LogP contribution in [0.1, 0.15) is 6.92 Å². The van der Waals surface area contributed by atoms with Crippen molar-refractivity contribution in [1.82, 2.24) is 5.32 Å². The van der Waals surface area contributed by atoms with E-state index in [1.807, 2.05) is 6.92 Å². The van der Waals surface area contributed by atoms with Crippen LogP contribution in [-0.4, -0.2) is 54.8 Å². The number of ether oxygens (including phenoxy) is 4. The van der Waals surface area contributed by atoms with Gasteiger partial charge in [0.25, 0.3) is 10.0 Å². The zero-order chi connectivity index (χ0) is 26.8. The number of carbonyl (C=O) groups is 1. The molecule has 0 aliphatic carbocycles. The van der Waals surface area contributed by atoms with E-state index < -0.39 is 22.5 Å². The summed E-state index contributed by atoms with van der Waals surface area (Å²) in [7, 11) is -1.33. The van der Waals surface area contributed by atoms with Crippen LogP contribution >= 0.6 is 0 Å². The van der Waals surface area contributed by atoms with E-state index in [0.29, 0.717) is 23.9 Å². The van der Waals surface area contributed by atoms with Gasteiger partial charge in [-0.25, -0.2) is 12.8 Å². The second-order valence-corrected chi connectivity index (χ2v) is 9.47. The molecule has 0 aliphatic heterocycles. The van der Waals surface area contributed by atoms with E-state index in [-0.39, 0.29) is 35.3 Å². The molecule has 0 atom stereocenters. The topological polar surface area (TPSA) is 103 Å². The Hall–Kier alpha value is -3.99. The van der Waals surface area contributed by atoms with Crippen LogP contribution in [0, 0.1) is 5.82 Å². The standard InChI is InChI=1S/C26H29FN2O7S/c1-4-35-21-11-7-20(8-12-21)29(37(31,32)23-13-14-24(33-2)25(17-23)34-3)18-26(30)28-15-16-36-22-9-5-19(27)6-10-22/h5-14,17H,4,15-16,18H2,1-3H3,(H,28,30). The first-order valence-electron chi connectivity index (χ1n) is 11.4. The molecule has 0 unspecified atom stereocenters. The SMILES string of the molecule is CCOc1ccc(N(CC(=O)NCCOc2ccc(F)cc2)S(=O)(=O)c2ccc(OC)c(OC)c2)cc1. The van der Waals surface area contributed by atoms with Crippen molar-refractivity contribution >= 4 is 21.6 Å². The van der Waals surface area contributed by atoms with Gasteiger partial charge < -0.3 is 24.3 Å². The van der Waals surface area contributed by atoms with Gasteiger partial charge in [-0.05, 0) is 67.6 Å². The summed E-state index contributed by atoms with van der Waals surface area (Å²) < 4.78 is 62.7. The molecular formula is C26H29FN2O7S. The Morgan fingerprint density at radius 2 is 1.51 bits per heavy atom. The van der Waals surface area contributed by atoms with Gasteiger partial charge in [-0.1, -0.05) is 0 Å². The lowest BCUT2D eigenvalue weighted by atomic mass is 10.3. The number of sulfonamides is 1. The van der Waals surface area contributed by atoms with Gasteiger partial charge in [-0.15, -0.1) is 0 Å². The van der Waals surface area contributed by atoms with Gasteiger partial charge in [0.15, 0.2) is 11.5 Å². The molecule has 0 saturated heterocycles. The lowest BCUT2D eigenvalue weighted by Crippen LogP contribution is -2.41. The van der Waals surface area contributed by atoms with Crippen molar-refractivity contribution in [2.24, 2.45) is 0 Å². The molecule has 0 aliphatic rings. The summed E-state index contributed by atoms with van der Waals surface area (Å²) in [6, 6.07) is 16.1. The maximum atomic E-state index is 13.7. The Balaban J connectivity index is 1.79. The van der Waals surface area contributed by atoms with Crippen LogP contribution in [0.15, 0.2) is 71.6 Å². The first kappa shape index (κ1) is 27.6. The Kier molecular flexibility index (Phi) is 9.56. The minimum Gasteiger partial charge on any atom is -0.494 e. The molecule has 3 aromatic rings. The zero-order valence-electron chi connectivity index (χ0n) is 20.8. The van der Waals surface area contributed by atoms with Crippen LogP contribution in [-0.2, 0) is 14.8 Å². The smallest absolute Gasteiger partial charge is 0.264 e. The van der Waals surface area contributed by atoms with Gasteiger partial charge in [-0.3, -0.25) is 9.10 Å². The lowest BCUT2D eigenvalue weighted by molar-refractivity contribution is -0.119. The number of halogens is 1. The van der Waals surface area contributed by atoms with Crippen LogP contribution in [0.3, 0.4) is 0 Å². The Labute approximate surface area is 215 Å². The molecule has 3 rings (SSSR count). The molecule has 0 spiro atoms. The summed E-state index contributed by atoms with van der Waals surface area (Å²) in [6.45, 7) is 2.04.